The number of para-hydroxylation sites is 1. The minimum atomic E-state index is -0.552. The highest BCUT2D eigenvalue weighted by molar-refractivity contribution is 5.92. The molecule has 0 fully saturated rings. The second-order valence-corrected chi connectivity index (χ2v) is 7.31. The second kappa shape index (κ2) is 10.9. The Balaban J connectivity index is 1.76. The lowest BCUT2D eigenvalue weighted by molar-refractivity contribution is -0.136. The average molecular weight is 443 g/mol. The molecule has 0 spiro atoms. The molecule has 0 N–H and O–H groups in total. The molecule has 168 valence electrons. The van der Waals surface area contributed by atoms with Crippen LogP contribution in [-0.4, -0.2) is 26.8 Å². The van der Waals surface area contributed by atoms with Gasteiger partial charge in [0.15, 0.2) is 18.1 Å². The van der Waals surface area contributed by atoms with Gasteiger partial charge in [-0.2, -0.15) is 5.26 Å². The molecule has 0 amide bonds. The third-order valence-corrected chi connectivity index (χ3v) is 4.93. The van der Waals surface area contributed by atoms with Gasteiger partial charge in [-0.3, -0.25) is 0 Å². The van der Waals surface area contributed by atoms with E-state index in [9.17, 15) is 10.1 Å². The van der Waals surface area contributed by atoms with Crippen LogP contribution in [-0.2, 0) is 4.79 Å². The number of aryl methyl sites for hydroxylation is 2. The van der Waals surface area contributed by atoms with Gasteiger partial charge in [0.25, 0.3) is 0 Å². The highest BCUT2D eigenvalue weighted by Gasteiger charge is 2.13. The van der Waals surface area contributed by atoms with E-state index in [2.05, 4.69) is 6.07 Å². The molecule has 0 bridgehead atoms. The number of nitriles is 1. The summed E-state index contributed by atoms with van der Waals surface area (Å²) in [6, 6.07) is 20.3. The van der Waals surface area contributed by atoms with Gasteiger partial charge in [0.05, 0.1) is 25.9 Å². The van der Waals surface area contributed by atoms with Crippen molar-refractivity contribution < 1.29 is 23.7 Å². The number of benzene rings is 3. The first-order valence-corrected chi connectivity index (χ1v) is 10.3. The van der Waals surface area contributed by atoms with Gasteiger partial charge in [-0.15, -0.1) is 0 Å². The molecule has 33 heavy (non-hydrogen) atoms. The standard InChI is InChI=1S/C27H25NO5/c1-18-9-10-19(2)25(13-18)32-17-27(29)33-24-12-11-20(15-26(24)31-4)14-21(16-28)22-7-5-6-8-23(22)30-3/h5-15H,17H2,1-4H3/b21-14-. The summed E-state index contributed by atoms with van der Waals surface area (Å²) in [7, 11) is 3.04. The Morgan fingerprint density at radius 1 is 0.909 bits per heavy atom. The quantitative estimate of drug-likeness (QED) is 0.202. The molecule has 0 heterocycles. The zero-order valence-electron chi connectivity index (χ0n) is 19.0. The van der Waals surface area contributed by atoms with Gasteiger partial charge >= 0.3 is 5.97 Å². The van der Waals surface area contributed by atoms with E-state index in [1.807, 2.05) is 50.2 Å². The lowest BCUT2D eigenvalue weighted by Gasteiger charge is -2.12. The van der Waals surface area contributed by atoms with Crippen LogP contribution in [0.2, 0.25) is 0 Å². The van der Waals surface area contributed by atoms with Crippen molar-refractivity contribution in [2.24, 2.45) is 0 Å². The van der Waals surface area contributed by atoms with Crippen molar-refractivity contribution in [3.05, 3.63) is 82.9 Å². The summed E-state index contributed by atoms with van der Waals surface area (Å²) in [5.41, 5.74) is 3.80. The first-order chi connectivity index (χ1) is 15.9. The van der Waals surface area contributed by atoms with Crippen molar-refractivity contribution >= 4 is 17.6 Å². The Hall–Kier alpha value is -4.24. The number of hydrogen-bond donors (Lipinski definition) is 0. The summed E-state index contributed by atoms with van der Waals surface area (Å²) in [5.74, 6) is 1.32. The summed E-state index contributed by atoms with van der Waals surface area (Å²) < 4.78 is 21.8. The fraction of sp³-hybridized carbons (Fsp3) is 0.185. The third kappa shape index (κ3) is 5.92. The molecule has 0 saturated heterocycles. The van der Waals surface area contributed by atoms with E-state index in [1.165, 1.54) is 7.11 Å². The van der Waals surface area contributed by atoms with Crippen molar-refractivity contribution in [3.63, 3.8) is 0 Å². The molecule has 0 radical (unpaired) electrons. The molecule has 0 aromatic heterocycles. The van der Waals surface area contributed by atoms with Gasteiger partial charge < -0.3 is 18.9 Å². The van der Waals surface area contributed by atoms with E-state index in [0.29, 0.717) is 33.9 Å². The van der Waals surface area contributed by atoms with Crippen molar-refractivity contribution in [2.75, 3.05) is 20.8 Å². The minimum absolute atomic E-state index is 0.235. The SMILES string of the molecule is COc1cc(/C=C(/C#N)c2ccccc2OC)ccc1OC(=O)COc1cc(C)ccc1C. The number of allylic oxidation sites excluding steroid dienone is 1. The van der Waals surface area contributed by atoms with E-state index in [0.717, 1.165) is 11.1 Å². The smallest absolute Gasteiger partial charge is 0.349 e. The van der Waals surface area contributed by atoms with Crippen LogP contribution >= 0.6 is 0 Å². The molecule has 6 heteroatoms. The van der Waals surface area contributed by atoms with E-state index >= 15 is 0 Å². The van der Waals surface area contributed by atoms with E-state index in [1.54, 1.807) is 37.5 Å². The lowest BCUT2D eigenvalue weighted by atomic mass is 10.0. The number of methoxy groups -OCH3 is 2. The van der Waals surface area contributed by atoms with E-state index < -0.39 is 5.97 Å². The minimum Gasteiger partial charge on any atom is -0.496 e. The molecule has 3 rings (SSSR count). The first kappa shape index (κ1) is 23.4. The van der Waals surface area contributed by atoms with Gasteiger partial charge in [-0.25, -0.2) is 4.79 Å². The second-order valence-electron chi connectivity index (χ2n) is 7.31. The van der Waals surface area contributed by atoms with Crippen LogP contribution in [0.3, 0.4) is 0 Å². The highest BCUT2D eigenvalue weighted by Crippen LogP contribution is 2.32. The maximum Gasteiger partial charge on any atom is 0.349 e. The molecule has 0 aliphatic carbocycles. The maximum absolute atomic E-state index is 12.3. The first-order valence-electron chi connectivity index (χ1n) is 10.3. The Kier molecular flexibility index (Phi) is 7.72. The van der Waals surface area contributed by atoms with Crippen LogP contribution in [0, 0.1) is 25.2 Å². The van der Waals surface area contributed by atoms with Crippen LogP contribution in [0.15, 0.2) is 60.7 Å². The number of carbonyl (C=O) groups excluding carboxylic acids is 1. The van der Waals surface area contributed by atoms with Crippen molar-refractivity contribution in [1.29, 1.82) is 5.26 Å². The zero-order valence-corrected chi connectivity index (χ0v) is 19.0. The number of nitrogens with zero attached hydrogens (tertiary/aromatic N) is 1. The van der Waals surface area contributed by atoms with Crippen molar-refractivity contribution in [2.45, 2.75) is 13.8 Å². The molecule has 3 aromatic rings. The largest absolute Gasteiger partial charge is 0.496 e. The maximum atomic E-state index is 12.3. The number of hydrogen-bond acceptors (Lipinski definition) is 6. The van der Waals surface area contributed by atoms with Crippen LogP contribution < -0.4 is 18.9 Å². The highest BCUT2D eigenvalue weighted by atomic mass is 16.6. The Morgan fingerprint density at radius 2 is 1.67 bits per heavy atom. The normalized spacial score (nSPS) is 10.8. The summed E-state index contributed by atoms with van der Waals surface area (Å²) in [6.07, 6.45) is 1.72. The molecule has 0 atom stereocenters. The van der Waals surface area contributed by atoms with E-state index in [4.69, 9.17) is 18.9 Å². The number of rotatable bonds is 8. The summed E-state index contributed by atoms with van der Waals surface area (Å²) in [4.78, 5) is 12.3. The topological polar surface area (TPSA) is 77.8 Å². The average Bonchev–Trinajstić information content (AvgIpc) is 2.83. The molecular weight excluding hydrogens is 418 g/mol. The van der Waals surface area contributed by atoms with Gasteiger partial charge in [0.1, 0.15) is 11.5 Å². The fourth-order valence-electron chi connectivity index (χ4n) is 3.21. The van der Waals surface area contributed by atoms with Crippen molar-refractivity contribution in [1.82, 2.24) is 0 Å². The molecule has 6 nitrogen and oxygen atoms in total. The monoisotopic (exact) mass is 443 g/mol. The third-order valence-electron chi connectivity index (χ3n) is 4.93. The lowest BCUT2D eigenvalue weighted by Crippen LogP contribution is -2.18. The Labute approximate surface area is 193 Å². The summed E-state index contributed by atoms with van der Waals surface area (Å²) in [6.45, 7) is 3.63. The van der Waals surface area contributed by atoms with Crippen LogP contribution in [0.5, 0.6) is 23.0 Å². The van der Waals surface area contributed by atoms with Gasteiger partial charge in [-0.05, 0) is 66.9 Å². The Morgan fingerprint density at radius 3 is 2.39 bits per heavy atom. The fourth-order valence-corrected chi connectivity index (χ4v) is 3.21. The summed E-state index contributed by atoms with van der Waals surface area (Å²) >= 11 is 0. The number of ether oxygens (including phenoxy) is 4. The van der Waals surface area contributed by atoms with Gasteiger partial charge in [0, 0.05) is 5.56 Å². The number of esters is 1. The van der Waals surface area contributed by atoms with Crippen LogP contribution in [0.25, 0.3) is 11.6 Å². The number of carbonyl (C=O) groups is 1. The van der Waals surface area contributed by atoms with Crippen LogP contribution in [0.1, 0.15) is 22.3 Å². The van der Waals surface area contributed by atoms with Gasteiger partial charge in [0.2, 0.25) is 0 Å². The predicted octanol–water partition coefficient (Wildman–Crippen LogP) is 5.37. The molecule has 0 unspecified atom stereocenters. The van der Waals surface area contributed by atoms with Gasteiger partial charge in [-0.1, -0.05) is 30.3 Å². The molecule has 0 saturated carbocycles. The molecule has 3 aromatic carbocycles. The molecule has 0 aliphatic rings. The summed E-state index contributed by atoms with van der Waals surface area (Å²) in [5, 5.41) is 9.66. The van der Waals surface area contributed by atoms with E-state index in [-0.39, 0.29) is 12.4 Å². The van der Waals surface area contributed by atoms with Crippen molar-refractivity contribution in [3.8, 4) is 29.1 Å². The zero-order chi connectivity index (χ0) is 23.8. The molecule has 0 aliphatic heterocycles. The molecular formula is C27H25NO5. The Bertz CT molecular complexity index is 1220. The predicted molar refractivity (Wildman–Crippen MR) is 127 cm³/mol. The van der Waals surface area contributed by atoms with Crippen LogP contribution in [0.4, 0.5) is 0 Å².